The number of fused-ring (bicyclic) bond motifs is 2. The van der Waals surface area contributed by atoms with Gasteiger partial charge in [-0.2, -0.15) is 0 Å². The van der Waals surface area contributed by atoms with E-state index in [4.69, 9.17) is 18.6 Å². The Morgan fingerprint density at radius 1 is 1.14 bits per heavy atom. The SMILES string of the molecule is Cc1ccc2nc(NC(=O)c3ccc(COc4ccc5c(c4)OCO5)o3)sc2c1. The number of furan rings is 1. The number of hydrogen-bond acceptors (Lipinski definition) is 7. The molecule has 0 saturated heterocycles. The molecule has 1 aliphatic rings. The summed E-state index contributed by atoms with van der Waals surface area (Å²) in [5.74, 6) is 2.35. The molecule has 1 N–H and O–H groups in total. The van der Waals surface area contributed by atoms with Crippen molar-refractivity contribution in [2.24, 2.45) is 0 Å². The lowest BCUT2D eigenvalue weighted by Crippen LogP contribution is -2.10. The lowest BCUT2D eigenvalue weighted by Gasteiger charge is -2.05. The number of hydrogen-bond donors (Lipinski definition) is 1. The number of nitrogens with one attached hydrogen (secondary N) is 1. The minimum absolute atomic E-state index is 0.188. The smallest absolute Gasteiger partial charge is 0.293 e. The van der Waals surface area contributed by atoms with Gasteiger partial charge in [0, 0.05) is 6.07 Å². The molecule has 7 nitrogen and oxygen atoms in total. The first-order valence-electron chi connectivity index (χ1n) is 8.94. The van der Waals surface area contributed by atoms with E-state index in [9.17, 15) is 4.79 Å². The number of ether oxygens (including phenoxy) is 3. The molecule has 0 saturated carbocycles. The van der Waals surface area contributed by atoms with E-state index in [1.807, 2.05) is 25.1 Å². The molecule has 0 radical (unpaired) electrons. The average Bonchev–Trinajstić information content (AvgIpc) is 3.44. The summed E-state index contributed by atoms with van der Waals surface area (Å²) in [7, 11) is 0. The normalized spacial score (nSPS) is 12.3. The summed E-state index contributed by atoms with van der Waals surface area (Å²) in [6.45, 7) is 2.42. The van der Waals surface area contributed by atoms with E-state index in [2.05, 4.69) is 10.3 Å². The summed E-state index contributed by atoms with van der Waals surface area (Å²) < 4.78 is 22.9. The minimum Gasteiger partial charge on any atom is -0.486 e. The van der Waals surface area contributed by atoms with E-state index in [1.54, 1.807) is 30.3 Å². The molecule has 1 aliphatic heterocycles. The Bertz CT molecular complexity index is 1210. The first-order chi connectivity index (χ1) is 14.1. The van der Waals surface area contributed by atoms with Crippen LogP contribution in [0.3, 0.4) is 0 Å². The molecule has 2 aromatic carbocycles. The summed E-state index contributed by atoms with van der Waals surface area (Å²) in [5, 5.41) is 3.32. The molecule has 29 heavy (non-hydrogen) atoms. The molecule has 5 rings (SSSR count). The van der Waals surface area contributed by atoms with Gasteiger partial charge in [-0.1, -0.05) is 17.4 Å². The number of nitrogens with zero attached hydrogens (tertiary/aromatic N) is 1. The topological polar surface area (TPSA) is 82.8 Å². The van der Waals surface area contributed by atoms with Crippen molar-refractivity contribution in [2.45, 2.75) is 13.5 Å². The quantitative estimate of drug-likeness (QED) is 0.513. The molecule has 8 heteroatoms. The Balaban J connectivity index is 1.23. The summed E-state index contributed by atoms with van der Waals surface area (Å²) in [4.78, 5) is 16.9. The second-order valence-corrected chi connectivity index (χ2v) is 7.54. The van der Waals surface area contributed by atoms with Crippen LogP contribution >= 0.6 is 11.3 Å². The van der Waals surface area contributed by atoms with Crippen LogP contribution in [0.1, 0.15) is 21.9 Å². The van der Waals surface area contributed by atoms with Gasteiger partial charge >= 0.3 is 0 Å². The van der Waals surface area contributed by atoms with E-state index in [0.29, 0.717) is 28.1 Å². The van der Waals surface area contributed by atoms with Crippen LogP contribution in [0.5, 0.6) is 17.2 Å². The number of amides is 1. The second kappa shape index (κ2) is 7.14. The Labute approximate surface area is 169 Å². The van der Waals surface area contributed by atoms with E-state index >= 15 is 0 Å². The molecule has 0 spiro atoms. The van der Waals surface area contributed by atoms with Gasteiger partial charge in [-0.15, -0.1) is 0 Å². The maximum Gasteiger partial charge on any atom is 0.293 e. The third-order valence-corrected chi connectivity index (χ3v) is 5.31. The van der Waals surface area contributed by atoms with Crippen LogP contribution in [0.15, 0.2) is 52.9 Å². The molecule has 0 unspecified atom stereocenters. The molecule has 0 atom stereocenters. The van der Waals surface area contributed by atoms with Gasteiger partial charge in [0.25, 0.3) is 5.91 Å². The first-order valence-corrected chi connectivity index (χ1v) is 9.75. The number of carbonyl (C=O) groups is 1. The summed E-state index contributed by atoms with van der Waals surface area (Å²) in [6.07, 6.45) is 0. The van der Waals surface area contributed by atoms with Crippen molar-refractivity contribution in [1.82, 2.24) is 4.98 Å². The lowest BCUT2D eigenvalue weighted by molar-refractivity contribution is 0.0992. The zero-order valence-electron chi connectivity index (χ0n) is 15.4. The van der Waals surface area contributed by atoms with Gasteiger partial charge in [-0.25, -0.2) is 4.98 Å². The fourth-order valence-electron chi connectivity index (χ4n) is 2.94. The highest BCUT2D eigenvalue weighted by Crippen LogP contribution is 2.35. The molecule has 2 aromatic heterocycles. The monoisotopic (exact) mass is 408 g/mol. The molecule has 4 aromatic rings. The van der Waals surface area contributed by atoms with Crippen LogP contribution in [0.4, 0.5) is 5.13 Å². The van der Waals surface area contributed by atoms with E-state index in [0.717, 1.165) is 15.8 Å². The van der Waals surface area contributed by atoms with Crippen molar-refractivity contribution in [2.75, 3.05) is 12.1 Å². The zero-order chi connectivity index (χ0) is 19.8. The molecule has 0 aliphatic carbocycles. The Morgan fingerprint density at radius 3 is 2.97 bits per heavy atom. The lowest BCUT2D eigenvalue weighted by atomic mass is 10.2. The molecule has 146 valence electrons. The second-order valence-electron chi connectivity index (χ2n) is 6.51. The van der Waals surface area contributed by atoms with Crippen molar-refractivity contribution >= 4 is 32.6 Å². The summed E-state index contributed by atoms with van der Waals surface area (Å²) in [5.41, 5.74) is 2.00. The van der Waals surface area contributed by atoms with Gasteiger partial charge in [0.1, 0.15) is 18.1 Å². The third-order valence-electron chi connectivity index (χ3n) is 4.37. The number of rotatable bonds is 5. The largest absolute Gasteiger partial charge is 0.486 e. The fraction of sp³-hybridized carbons (Fsp3) is 0.143. The Hall–Kier alpha value is -3.52. The zero-order valence-corrected chi connectivity index (χ0v) is 16.2. The minimum atomic E-state index is -0.352. The highest BCUT2D eigenvalue weighted by atomic mass is 32.1. The molecular weight excluding hydrogens is 392 g/mol. The van der Waals surface area contributed by atoms with Gasteiger partial charge in [-0.3, -0.25) is 10.1 Å². The number of benzene rings is 2. The fourth-order valence-corrected chi connectivity index (χ4v) is 3.90. The van der Waals surface area contributed by atoms with Gasteiger partial charge in [0.2, 0.25) is 6.79 Å². The van der Waals surface area contributed by atoms with Crippen molar-refractivity contribution in [3.8, 4) is 17.2 Å². The van der Waals surface area contributed by atoms with Gasteiger partial charge in [-0.05, 0) is 48.9 Å². The van der Waals surface area contributed by atoms with Gasteiger partial charge in [0.05, 0.1) is 10.2 Å². The van der Waals surface area contributed by atoms with Crippen LogP contribution < -0.4 is 19.5 Å². The maximum absolute atomic E-state index is 12.5. The summed E-state index contributed by atoms with van der Waals surface area (Å²) >= 11 is 1.43. The van der Waals surface area contributed by atoms with Crippen molar-refractivity contribution in [1.29, 1.82) is 0 Å². The number of carbonyl (C=O) groups excluding carboxylic acids is 1. The first kappa shape index (κ1) is 17.6. The molecule has 1 amide bonds. The van der Waals surface area contributed by atoms with E-state index in [-0.39, 0.29) is 25.1 Å². The predicted molar refractivity (Wildman–Crippen MR) is 108 cm³/mol. The summed E-state index contributed by atoms with van der Waals surface area (Å²) in [6, 6.07) is 14.6. The number of aromatic nitrogens is 1. The van der Waals surface area contributed by atoms with Crippen LogP contribution in [-0.2, 0) is 6.61 Å². The van der Waals surface area contributed by atoms with Crippen molar-refractivity contribution < 1.29 is 23.4 Å². The van der Waals surface area contributed by atoms with Gasteiger partial charge in [0.15, 0.2) is 22.4 Å². The number of thiazole rings is 1. The van der Waals surface area contributed by atoms with E-state index in [1.165, 1.54) is 11.3 Å². The number of aryl methyl sites for hydroxylation is 1. The standard InChI is InChI=1S/C21H16N2O5S/c1-12-2-5-15-19(8-12)29-21(22-15)23-20(24)17-7-4-14(28-17)10-25-13-3-6-16-18(9-13)27-11-26-16/h2-9H,10-11H2,1H3,(H,22,23,24). The highest BCUT2D eigenvalue weighted by molar-refractivity contribution is 7.22. The third kappa shape index (κ3) is 3.62. The van der Waals surface area contributed by atoms with Crippen molar-refractivity contribution in [3.05, 3.63) is 65.6 Å². The molecule has 0 bridgehead atoms. The van der Waals surface area contributed by atoms with Crippen LogP contribution in [0, 0.1) is 6.92 Å². The van der Waals surface area contributed by atoms with Crippen LogP contribution in [-0.4, -0.2) is 17.7 Å². The maximum atomic E-state index is 12.5. The van der Waals surface area contributed by atoms with Gasteiger partial charge < -0.3 is 18.6 Å². The highest BCUT2D eigenvalue weighted by Gasteiger charge is 2.16. The number of anilines is 1. The molecular formula is C21H16N2O5S. The Morgan fingerprint density at radius 2 is 2.03 bits per heavy atom. The van der Waals surface area contributed by atoms with Crippen molar-refractivity contribution in [3.63, 3.8) is 0 Å². The van der Waals surface area contributed by atoms with Crippen LogP contribution in [0.25, 0.3) is 10.2 Å². The average molecular weight is 408 g/mol. The van der Waals surface area contributed by atoms with E-state index < -0.39 is 0 Å². The molecule has 0 fully saturated rings. The molecule has 3 heterocycles. The predicted octanol–water partition coefficient (Wildman–Crippen LogP) is 4.76. The Kier molecular flexibility index (Phi) is 4.33. The van der Waals surface area contributed by atoms with Crippen LogP contribution in [0.2, 0.25) is 0 Å².